The first-order valence-corrected chi connectivity index (χ1v) is 6.53. The Morgan fingerprint density at radius 2 is 2.19 bits per heavy atom. The van der Waals surface area contributed by atoms with E-state index in [2.05, 4.69) is 26.0 Å². The van der Waals surface area contributed by atoms with Gasteiger partial charge in [0, 0.05) is 11.3 Å². The molecule has 0 saturated carbocycles. The average molecular weight is 239 g/mol. The van der Waals surface area contributed by atoms with E-state index in [1.54, 1.807) is 0 Å². The van der Waals surface area contributed by atoms with Gasteiger partial charge in [-0.25, -0.2) is 0 Å². The van der Waals surface area contributed by atoms with Gasteiger partial charge in [-0.05, 0) is 24.0 Å². The Morgan fingerprint density at radius 1 is 1.44 bits per heavy atom. The molecule has 0 N–H and O–H groups in total. The summed E-state index contributed by atoms with van der Waals surface area (Å²) < 4.78 is 5.74. The van der Waals surface area contributed by atoms with Crippen molar-refractivity contribution in [2.75, 3.05) is 6.61 Å². The molecule has 0 fully saturated rings. The standard InChI is InChI=1S/C14H19ClO/c1-3-6-12(15)14-10(2)9-16-13-8-5-4-7-11(13)14/h4-5,7-8,10,12,14H,3,6,9H2,1-2H3. The number of ether oxygens (including phenoxy) is 1. The van der Waals surface area contributed by atoms with Gasteiger partial charge >= 0.3 is 0 Å². The number of benzene rings is 1. The van der Waals surface area contributed by atoms with Crippen LogP contribution >= 0.6 is 11.6 Å². The van der Waals surface area contributed by atoms with Crippen LogP contribution in [-0.4, -0.2) is 12.0 Å². The van der Waals surface area contributed by atoms with Gasteiger partial charge in [0.05, 0.1) is 6.61 Å². The van der Waals surface area contributed by atoms with Gasteiger partial charge in [0.2, 0.25) is 0 Å². The van der Waals surface area contributed by atoms with E-state index in [4.69, 9.17) is 16.3 Å². The summed E-state index contributed by atoms with van der Waals surface area (Å²) in [4.78, 5) is 0. The maximum Gasteiger partial charge on any atom is 0.122 e. The molecule has 2 rings (SSSR count). The van der Waals surface area contributed by atoms with Crippen LogP contribution in [-0.2, 0) is 0 Å². The van der Waals surface area contributed by atoms with Gasteiger partial charge in [-0.2, -0.15) is 0 Å². The lowest BCUT2D eigenvalue weighted by Crippen LogP contribution is -2.29. The van der Waals surface area contributed by atoms with Crippen LogP contribution in [0.3, 0.4) is 0 Å². The molecule has 3 unspecified atom stereocenters. The third kappa shape index (κ3) is 2.20. The molecule has 16 heavy (non-hydrogen) atoms. The normalized spacial score (nSPS) is 25.7. The van der Waals surface area contributed by atoms with Crippen molar-refractivity contribution in [1.82, 2.24) is 0 Å². The Bertz CT molecular complexity index is 350. The molecule has 1 heterocycles. The first kappa shape index (κ1) is 11.8. The fraction of sp³-hybridized carbons (Fsp3) is 0.571. The number of hydrogen-bond acceptors (Lipinski definition) is 1. The Kier molecular flexibility index (Phi) is 3.75. The third-order valence-electron chi connectivity index (χ3n) is 3.35. The highest BCUT2D eigenvalue weighted by Gasteiger charge is 2.32. The summed E-state index contributed by atoms with van der Waals surface area (Å²) in [6, 6.07) is 8.29. The zero-order valence-electron chi connectivity index (χ0n) is 9.95. The highest BCUT2D eigenvalue weighted by molar-refractivity contribution is 6.21. The second kappa shape index (κ2) is 5.09. The van der Waals surface area contributed by atoms with Crippen LogP contribution in [0, 0.1) is 5.92 Å². The van der Waals surface area contributed by atoms with E-state index in [1.807, 2.05) is 12.1 Å². The Labute approximate surface area is 103 Å². The first-order valence-electron chi connectivity index (χ1n) is 6.09. The Morgan fingerprint density at radius 3 is 2.94 bits per heavy atom. The summed E-state index contributed by atoms with van der Waals surface area (Å²) in [5.74, 6) is 1.96. The van der Waals surface area contributed by atoms with Crippen molar-refractivity contribution < 1.29 is 4.74 Å². The van der Waals surface area contributed by atoms with Crippen molar-refractivity contribution >= 4 is 11.6 Å². The van der Waals surface area contributed by atoms with Crippen LogP contribution < -0.4 is 4.74 Å². The molecule has 0 saturated heterocycles. The molecule has 1 nitrogen and oxygen atoms in total. The fourth-order valence-electron chi connectivity index (χ4n) is 2.53. The third-order valence-corrected chi connectivity index (χ3v) is 3.84. The SMILES string of the molecule is CCCC(Cl)C1c2ccccc2OCC1C. The maximum atomic E-state index is 6.53. The van der Waals surface area contributed by atoms with Gasteiger partial charge in [-0.1, -0.05) is 38.5 Å². The zero-order chi connectivity index (χ0) is 11.5. The van der Waals surface area contributed by atoms with Gasteiger partial charge in [-0.15, -0.1) is 11.6 Å². The monoisotopic (exact) mass is 238 g/mol. The molecule has 0 bridgehead atoms. The molecule has 0 spiro atoms. The minimum absolute atomic E-state index is 0.227. The van der Waals surface area contributed by atoms with E-state index in [1.165, 1.54) is 5.56 Å². The van der Waals surface area contributed by atoms with Gasteiger partial charge < -0.3 is 4.74 Å². The van der Waals surface area contributed by atoms with Crippen molar-refractivity contribution in [2.24, 2.45) is 5.92 Å². The van der Waals surface area contributed by atoms with Crippen molar-refractivity contribution in [3.63, 3.8) is 0 Å². The predicted molar refractivity (Wildman–Crippen MR) is 68.4 cm³/mol. The molecule has 0 radical (unpaired) electrons. The van der Waals surface area contributed by atoms with Crippen molar-refractivity contribution in [3.8, 4) is 5.75 Å². The molecule has 2 heteroatoms. The lowest BCUT2D eigenvalue weighted by atomic mass is 9.81. The van der Waals surface area contributed by atoms with Gasteiger partial charge in [-0.3, -0.25) is 0 Å². The van der Waals surface area contributed by atoms with Crippen LogP contribution in [0.1, 0.15) is 38.2 Å². The van der Waals surface area contributed by atoms with Crippen LogP contribution in [0.25, 0.3) is 0 Å². The molecule has 0 amide bonds. The number of para-hydroxylation sites is 1. The molecule has 1 aromatic rings. The fourth-order valence-corrected chi connectivity index (χ4v) is 3.13. The second-order valence-corrected chi connectivity index (χ2v) is 5.22. The summed E-state index contributed by atoms with van der Waals surface area (Å²) >= 11 is 6.53. The molecule has 0 aliphatic carbocycles. The van der Waals surface area contributed by atoms with Crippen LogP contribution in [0.2, 0.25) is 0 Å². The highest BCUT2D eigenvalue weighted by Crippen LogP contribution is 2.41. The van der Waals surface area contributed by atoms with Crippen molar-refractivity contribution in [2.45, 2.75) is 38.0 Å². The second-order valence-electron chi connectivity index (χ2n) is 4.66. The lowest BCUT2D eigenvalue weighted by molar-refractivity contribution is 0.200. The van der Waals surface area contributed by atoms with Crippen LogP contribution in [0.15, 0.2) is 24.3 Å². The lowest BCUT2D eigenvalue weighted by Gasteiger charge is -2.34. The quantitative estimate of drug-likeness (QED) is 0.717. The molecule has 88 valence electrons. The molecule has 1 aliphatic heterocycles. The minimum Gasteiger partial charge on any atom is -0.493 e. The maximum absolute atomic E-state index is 6.53. The summed E-state index contributed by atoms with van der Waals surface area (Å²) in [5.41, 5.74) is 1.29. The van der Waals surface area contributed by atoms with Gasteiger partial charge in [0.25, 0.3) is 0 Å². The molecule has 1 aromatic carbocycles. The molecule has 1 aliphatic rings. The largest absolute Gasteiger partial charge is 0.493 e. The van der Waals surface area contributed by atoms with E-state index in [9.17, 15) is 0 Å². The van der Waals surface area contributed by atoms with E-state index >= 15 is 0 Å². The molecule has 3 atom stereocenters. The number of halogens is 1. The smallest absolute Gasteiger partial charge is 0.122 e. The molecule has 0 aromatic heterocycles. The van der Waals surface area contributed by atoms with Gasteiger partial charge in [0.15, 0.2) is 0 Å². The Hall–Kier alpha value is -0.690. The van der Waals surface area contributed by atoms with E-state index < -0.39 is 0 Å². The number of hydrogen-bond donors (Lipinski definition) is 0. The Balaban J connectivity index is 2.29. The molecular formula is C14H19ClO. The van der Waals surface area contributed by atoms with Crippen molar-refractivity contribution in [1.29, 1.82) is 0 Å². The number of rotatable bonds is 3. The summed E-state index contributed by atoms with van der Waals surface area (Å²) in [6.45, 7) is 5.20. The topological polar surface area (TPSA) is 9.23 Å². The number of fused-ring (bicyclic) bond motifs is 1. The van der Waals surface area contributed by atoms with E-state index in [0.717, 1.165) is 25.2 Å². The molecular weight excluding hydrogens is 220 g/mol. The highest BCUT2D eigenvalue weighted by atomic mass is 35.5. The first-order chi connectivity index (χ1) is 7.74. The average Bonchev–Trinajstić information content (AvgIpc) is 2.29. The van der Waals surface area contributed by atoms with Crippen LogP contribution in [0.5, 0.6) is 5.75 Å². The van der Waals surface area contributed by atoms with Crippen LogP contribution in [0.4, 0.5) is 0 Å². The van der Waals surface area contributed by atoms with E-state index in [-0.39, 0.29) is 5.38 Å². The van der Waals surface area contributed by atoms with Crippen molar-refractivity contribution in [3.05, 3.63) is 29.8 Å². The summed E-state index contributed by atoms with van der Waals surface area (Å²) in [6.07, 6.45) is 2.21. The van der Waals surface area contributed by atoms with E-state index in [0.29, 0.717) is 11.8 Å². The minimum atomic E-state index is 0.227. The zero-order valence-corrected chi connectivity index (χ0v) is 10.7. The number of alkyl halides is 1. The predicted octanol–water partition coefficient (Wildman–Crippen LogP) is 4.21. The summed E-state index contributed by atoms with van der Waals surface area (Å²) in [5, 5.41) is 0.227. The van der Waals surface area contributed by atoms with Gasteiger partial charge in [0.1, 0.15) is 5.75 Å². The summed E-state index contributed by atoms with van der Waals surface area (Å²) in [7, 11) is 0.